The summed E-state index contributed by atoms with van der Waals surface area (Å²) in [6.07, 6.45) is 20.0. The molecular weight excluding hydrogens is 566 g/mol. The monoisotopic (exact) mass is 633 g/mol. The lowest BCUT2D eigenvalue weighted by Crippen LogP contribution is -2.47. The van der Waals surface area contributed by atoms with Crippen molar-refractivity contribution < 1.29 is 18.4 Å². The molecule has 0 aromatic carbocycles. The van der Waals surface area contributed by atoms with Crippen LogP contribution in [-0.2, 0) is 9.59 Å². The van der Waals surface area contributed by atoms with Crippen LogP contribution in [0.15, 0.2) is 0 Å². The molecule has 5 saturated carbocycles. The van der Waals surface area contributed by atoms with Gasteiger partial charge in [0.1, 0.15) is 17.1 Å². The van der Waals surface area contributed by atoms with Crippen molar-refractivity contribution in [1.29, 1.82) is 0 Å². The van der Waals surface area contributed by atoms with Gasteiger partial charge in [0.2, 0.25) is 5.91 Å². The van der Waals surface area contributed by atoms with E-state index in [2.05, 4.69) is 10.6 Å². The lowest BCUT2D eigenvalue weighted by molar-refractivity contribution is -0.129. The zero-order valence-electron chi connectivity index (χ0n) is 29.2. The van der Waals surface area contributed by atoms with Gasteiger partial charge < -0.3 is 10.6 Å². The van der Waals surface area contributed by atoms with Crippen molar-refractivity contribution >= 4 is 11.7 Å². The first-order valence-corrected chi connectivity index (χ1v) is 19.3. The molecule has 9 unspecified atom stereocenters. The molecule has 6 heteroatoms. The van der Waals surface area contributed by atoms with Gasteiger partial charge in [-0.15, -0.1) is 0 Å². The van der Waals surface area contributed by atoms with E-state index in [1.165, 1.54) is 51.4 Å². The number of amides is 1. The Kier molecular flexibility index (Phi) is 12.1. The molecule has 5 fully saturated rings. The Morgan fingerprint density at radius 2 is 1.36 bits per heavy atom. The van der Waals surface area contributed by atoms with E-state index in [-0.39, 0.29) is 17.7 Å². The third-order valence-electron chi connectivity index (χ3n) is 13.6. The molecule has 0 saturated heterocycles. The Hall–Kier alpha value is -1.04. The number of alkyl halides is 2. The molecule has 0 radical (unpaired) electrons. The topological polar surface area (TPSA) is 58.2 Å². The van der Waals surface area contributed by atoms with Crippen LogP contribution >= 0.6 is 0 Å². The second-order valence-electron chi connectivity index (χ2n) is 17.5. The van der Waals surface area contributed by atoms with E-state index in [0.717, 1.165) is 82.7 Å². The van der Waals surface area contributed by atoms with Gasteiger partial charge in [-0.1, -0.05) is 32.1 Å². The molecule has 1 amide bonds. The predicted molar refractivity (Wildman–Crippen MR) is 179 cm³/mol. The number of unbranched alkanes of at least 4 members (excludes halogenated alkanes) is 1. The number of fused-ring (bicyclic) bond motifs is 2. The summed E-state index contributed by atoms with van der Waals surface area (Å²) >= 11 is 0. The van der Waals surface area contributed by atoms with Crippen molar-refractivity contribution in [2.45, 2.75) is 167 Å². The number of ketones is 1. The molecule has 0 spiro atoms. The van der Waals surface area contributed by atoms with E-state index in [0.29, 0.717) is 54.3 Å². The lowest BCUT2D eigenvalue weighted by Gasteiger charge is -2.45. The van der Waals surface area contributed by atoms with Crippen molar-refractivity contribution in [1.82, 2.24) is 10.6 Å². The number of hydrogen-bond donors (Lipinski definition) is 2. The SMILES string of the molecule is CC(C)(F)C1CC(C2CC(CCC(=O)NCCCCNC3CCC(=O)C4CCCCC34)CC3CCCC3C2)CC(C(C)(C)F)C1. The molecule has 0 bridgehead atoms. The summed E-state index contributed by atoms with van der Waals surface area (Å²) in [6.45, 7) is 8.50. The van der Waals surface area contributed by atoms with E-state index in [9.17, 15) is 9.59 Å². The largest absolute Gasteiger partial charge is 0.356 e. The summed E-state index contributed by atoms with van der Waals surface area (Å²) in [6, 6.07) is 0.489. The van der Waals surface area contributed by atoms with Crippen molar-refractivity contribution in [2.24, 2.45) is 53.3 Å². The Morgan fingerprint density at radius 3 is 2.07 bits per heavy atom. The standard InChI is InChI=1S/C39H66F2N2O2/c1-38(2,40)31-23-30(24-32(25-31)39(3,4)41)29-21-26(20-27-10-9-11-28(27)22-29)14-17-37(45)43-19-8-7-18-42-35-15-16-36(44)34-13-6-5-12-33(34)35/h26-35,42H,5-25H2,1-4H3,(H,43,45). The van der Waals surface area contributed by atoms with Gasteiger partial charge in [0.15, 0.2) is 0 Å². The van der Waals surface area contributed by atoms with Crippen LogP contribution in [0.4, 0.5) is 8.78 Å². The van der Waals surface area contributed by atoms with Crippen LogP contribution in [0.5, 0.6) is 0 Å². The maximum atomic E-state index is 15.3. The highest BCUT2D eigenvalue weighted by Gasteiger charge is 2.47. The summed E-state index contributed by atoms with van der Waals surface area (Å²) < 4.78 is 30.6. The minimum atomic E-state index is -1.27. The first-order chi connectivity index (χ1) is 21.4. The number of Topliss-reactive ketones (excluding diaryl/α,β-unsaturated/α-hetero) is 1. The highest BCUT2D eigenvalue weighted by atomic mass is 19.1. The number of hydrogen-bond acceptors (Lipinski definition) is 3. The summed E-state index contributed by atoms with van der Waals surface area (Å²) in [5.41, 5.74) is -2.55. The van der Waals surface area contributed by atoms with Crippen LogP contribution in [0.1, 0.15) is 150 Å². The minimum Gasteiger partial charge on any atom is -0.356 e. The molecule has 2 N–H and O–H groups in total. The van der Waals surface area contributed by atoms with Crippen LogP contribution in [0.25, 0.3) is 0 Å². The Bertz CT molecular complexity index is 951. The van der Waals surface area contributed by atoms with Crippen molar-refractivity contribution in [3.8, 4) is 0 Å². The van der Waals surface area contributed by atoms with E-state index < -0.39 is 11.3 Å². The summed E-state index contributed by atoms with van der Waals surface area (Å²) in [5.74, 6) is 4.36. The molecule has 5 aliphatic rings. The number of nitrogens with one attached hydrogen (secondary N) is 2. The van der Waals surface area contributed by atoms with Gasteiger partial charge in [0.05, 0.1) is 0 Å². The van der Waals surface area contributed by atoms with Crippen molar-refractivity contribution in [3.63, 3.8) is 0 Å². The molecule has 45 heavy (non-hydrogen) atoms. The third kappa shape index (κ3) is 9.53. The average molecular weight is 633 g/mol. The molecule has 5 rings (SSSR count). The fourth-order valence-corrected chi connectivity index (χ4v) is 10.8. The highest BCUT2D eigenvalue weighted by Crippen LogP contribution is 2.53. The fraction of sp³-hybridized carbons (Fsp3) is 0.949. The highest BCUT2D eigenvalue weighted by molar-refractivity contribution is 5.82. The zero-order chi connectivity index (χ0) is 32.2. The molecule has 258 valence electrons. The number of carbonyl (C=O) groups excluding carboxylic acids is 2. The van der Waals surface area contributed by atoms with Crippen LogP contribution in [0, 0.1) is 53.3 Å². The molecule has 0 aromatic heterocycles. The van der Waals surface area contributed by atoms with E-state index in [1.54, 1.807) is 27.7 Å². The molecule has 5 aliphatic carbocycles. The van der Waals surface area contributed by atoms with Crippen molar-refractivity contribution in [2.75, 3.05) is 13.1 Å². The normalized spacial score (nSPS) is 37.9. The quantitative estimate of drug-likeness (QED) is 0.211. The second kappa shape index (κ2) is 15.5. The van der Waals surface area contributed by atoms with Gasteiger partial charge in [-0.25, -0.2) is 8.78 Å². The number of carbonyl (C=O) groups is 2. The molecule has 0 aromatic rings. The lowest BCUT2D eigenvalue weighted by atomic mass is 9.62. The van der Waals surface area contributed by atoms with E-state index in [4.69, 9.17) is 0 Å². The summed E-state index contributed by atoms with van der Waals surface area (Å²) in [5, 5.41) is 6.97. The van der Waals surface area contributed by atoms with Crippen molar-refractivity contribution in [3.05, 3.63) is 0 Å². The van der Waals surface area contributed by atoms with Gasteiger partial charge in [0.25, 0.3) is 0 Å². The first kappa shape index (κ1) is 35.3. The predicted octanol–water partition coefficient (Wildman–Crippen LogP) is 9.15. The van der Waals surface area contributed by atoms with Gasteiger partial charge in [0, 0.05) is 31.3 Å². The molecule has 4 nitrogen and oxygen atoms in total. The maximum Gasteiger partial charge on any atom is 0.220 e. The van der Waals surface area contributed by atoms with Gasteiger partial charge in [-0.3, -0.25) is 9.59 Å². The van der Waals surface area contributed by atoms with Gasteiger partial charge in [-0.05, 0) is 159 Å². The Balaban J connectivity index is 1.06. The Morgan fingerprint density at radius 1 is 0.733 bits per heavy atom. The first-order valence-electron chi connectivity index (χ1n) is 19.3. The summed E-state index contributed by atoms with van der Waals surface area (Å²) in [4.78, 5) is 25.3. The minimum absolute atomic E-state index is 0.0747. The zero-order valence-corrected chi connectivity index (χ0v) is 29.2. The Labute approximate surface area is 273 Å². The molecule has 9 atom stereocenters. The van der Waals surface area contributed by atoms with E-state index >= 15 is 8.78 Å². The average Bonchev–Trinajstić information content (AvgIpc) is 3.35. The maximum absolute atomic E-state index is 15.3. The molecular formula is C39H66F2N2O2. The second-order valence-corrected chi connectivity index (χ2v) is 17.5. The number of rotatable bonds is 12. The molecule has 0 aliphatic heterocycles. The third-order valence-corrected chi connectivity index (χ3v) is 13.6. The van der Waals surface area contributed by atoms with Crippen LogP contribution < -0.4 is 10.6 Å². The number of halogens is 2. The van der Waals surface area contributed by atoms with Crippen LogP contribution in [0.3, 0.4) is 0 Å². The van der Waals surface area contributed by atoms with Crippen LogP contribution in [0.2, 0.25) is 0 Å². The van der Waals surface area contributed by atoms with Gasteiger partial charge in [-0.2, -0.15) is 0 Å². The summed E-state index contributed by atoms with van der Waals surface area (Å²) in [7, 11) is 0. The van der Waals surface area contributed by atoms with Crippen LogP contribution in [-0.4, -0.2) is 42.2 Å². The fourth-order valence-electron chi connectivity index (χ4n) is 10.8. The smallest absolute Gasteiger partial charge is 0.220 e. The molecule has 0 heterocycles. The van der Waals surface area contributed by atoms with Gasteiger partial charge >= 0.3 is 0 Å². The van der Waals surface area contributed by atoms with E-state index in [1.807, 2.05) is 0 Å².